The monoisotopic (exact) mass is 320 g/mol. The summed E-state index contributed by atoms with van der Waals surface area (Å²) in [6, 6.07) is 8.02. The van der Waals surface area contributed by atoms with Crippen molar-refractivity contribution in [2.24, 2.45) is 7.05 Å². The Balaban J connectivity index is 2.23. The SMILES string of the molecule is CC(=O)c1cccc(S(=O)(=O)NCc2cc(C)n(C)c2C)c1. The van der Waals surface area contributed by atoms with E-state index in [9.17, 15) is 13.2 Å². The Morgan fingerprint density at radius 1 is 1.23 bits per heavy atom. The van der Waals surface area contributed by atoms with Crippen LogP contribution in [0.15, 0.2) is 35.2 Å². The Bertz CT molecular complexity index is 820. The van der Waals surface area contributed by atoms with Crippen LogP contribution in [0.5, 0.6) is 0 Å². The minimum absolute atomic E-state index is 0.102. The van der Waals surface area contributed by atoms with Crippen molar-refractivity contribution < 1.29 is 13.2 Å². The third-order valence-electron chi connectivity index (χ3n) is 3.88. The Morgan fingerprint density at radius 2 is 1.91 bits per heavy atom. The lowest BCUT2D eigenvalue weighted by Gasteiger charge is -2.08. The lowest BCUT2D eigenvalue weighted by molar-refractivity contribution is 0.101. The number of nitrogens with one attached hydrogen (secondary N) is 1. The molecule has 0 fully saturated rings. The van der Waals surface area contributed by atoms with Crippen molar-refractivity contribution >= 4 is 15.8 Å². The van der Waals surface area contributed by atoms with Crippen LogP contribution < -0.4 is 4.72 Å². The highest BCUT2D eigenvalue weighted by Gasteiger charge is 2.16. The van der Waals surface area contributed by atoms with E-state index in [2.05, 4.69) is 4.72 Å². The molecular weight excluding hydrogens is 300 g/mol. The second-order valence-electron chi connectivity index (χ2n) is 5.36. The third kappa shape index (κ3) is 3.28. The molecule has 0 radical (unpaired) electrons. The van der Waals surface area contributed by atoms with Gasteiger partial charge in [-0.25, -0.2) is 13.1 Å². The molecule has 118 valence electrons. The summed E-state index contributed by atoms with van der Waals surface area (Å²) in [5, 5.41) is 0. The van der Waals surface area contributed by atoms with E-state index in [0.29, 0.717) is 5.56 Å². The minimum atomic E-state index is -3.65. The van der Waals surface area contributed by atoms with Gasteiger partial charge >= 0.3 is 0 Å². The van der Waals surface area contributed by atoms with E-state index in [-0.39, 0.29) is 17.2 Å². The average Bonchev–Trinajstić information content (AvgIpc) is 2.72. The van der Waals surface area contributed by atoms with E-state index in [4.69, 9.17) is 0 Å². The lowest BCUT2D eigenvalue weighted by Crippen LogP contribution is -2.23. The molecule has 1 aromatic heterocycles. The second kappa shape index (κ2) is 6.06. The summed E-state index contributed by atoms with van der Waals surface area (Å²) in [6.07, 6.45) is 0. The fourth-order valence-corrected chi connectivity index (χ4v) is 3.30. The van der Waals surface area contributed by atoms with E-state index >= 15 is 0 Å². The molecule has 2 aromatic rings. The van der Waals surface area contributed by atoms with Gasteiger partial charge in [-0.3, -0.25) is 4.79 Å². The van der Waals surface area contributed by atoms with Gasteiger partial charge in [0.2, 0.25) is 10.0 Å². The zero-order valence-electron chi connectivity index (χ0n) is 13.2. The normalized spacial score (nSPS) is 11.6. The Morgan fingerprint density at radius 3 is 2.45 bits per heavy atom. The molecule has 0 aliphatic heterocycles. The molecule has 0 unspecified atom stereocenters. The Hall–Kier alpha value is -1.92. The van der Waals surface area contributed by atoms with Gasteiger partial charge in [-0.2, -0.15) is 0 Å². The molecule has 1 N–H and O–H groups in total. The van der Waals surface area contributed by atoms with Crippen molar-refractivity contribution in [2.45, 2.75) is 32.2 Å². The Kier molecular flexibility index (Phi) is 4.53. The van der Waals surface area contributed by atoms with Crippen LogP contribution in [0.4, 0.5) is 0 Å². The standard InChI is InChI=1S/C16H20N2O3S/c1-11-8-15(12(2)18(11)4)10-17-22(20,21)16-7-5-6-14(9-16)13(3)19/h5-9,17H,10H2,1-4H3. The minimum Gasteiger partial charge on any atom is -0.352 e. The van der Waals surface area contributed by atoms with E-state index in [1.54, 1.807) is 12.1 Å². The summed E-state index contributed by atoms with van der Waals surface area (Å²) < 4.78 is 29.3. The predicted octanol–water partition coefficient (Wildman–Crippen LogP) is 2.32. The molecule has 22 heavy (non-hydrogen) atoms. The number of Topliss-reactive ketones (excluding diaryl/α,β-unsaturated/α-hetero) is 1. The zero-order chi connectivity index (χ0) is 16.5. The third-order valence-corrected chi connectivity index (χ3v) is 5.28. The number of nitrogens with zero attached hydrogens (tertiary/aromatic N) is 1. The largest absolute Gasteiger partial charge is 0.352 e. The number of sulfonamides is 1. The average molecular weight is 320 g/mol. The van der Waals surface area contributed by atoms with Crippen molar-refractivity contribution in [1.29, 1.82) is 0 Å². The highest BCUT2D eigenvalue weighted by molar-refractivity contribution is 7.89. The number of carbonyl (C=O) groups is 1. The van der Waals surface area contributed by atoms with Gasteiger partial charge in [-0.05, 0) is 44.5 Å². The molecule has 1 aromatic carbocycles. The first kappa shape index (κ1) is 16.5. The van der Waals surface area contributed by atoms with Crippen LogP contribution in [0, 0.1) is 13.8 Å². The first-order valence-electron chi connectivity index (χ1n) is 6.95. The van der Waals surface area contributed by atoms with Crippen LogP contribution in [-0.4, -0.2) is 18.8 Å². The Labute approximate surface area is 131 Å². The highest BCUT2D eigenvalue weighted by atomic mass is 32.2. The molecule has 5 nitrogen and oxygen atoms in total. The zero-order valence-corrected chi connectivity index (χ0v) is 14.0. The maximum atomic E-state index is 12.4. The summed E-state index contributed by atoms with van der Waals surface area (Å²) in [5.41, 5.74) is 3.42. The molecule has 0 spiro atoms. The fourth-order valence-electron chi connectivity index (χ4n) is 2.25. The van der Waals surface area contributed by atoms with E-state index in [1.807, 2.05) is 31.5 Å². The highest BCUT2D eigenvalue weighted by Crippen LogP contribution is 2.16. The molecule has 6 heteroatoms. The van der Waals surface area contributed by atoms with Crippen molar-refractivity contribution in [3.8, 4) is 0 Å². The summed E-state index contributed by atoms with van der Waals surface area (Å²) in [7, 11) is -1.70. The van der Waals surface area contributed by atoms with Crippen LogP contribution in [0.25, 0.3) is 0 Å². The smallest absolute Gasteiger partial charge is 0.240 e. The summed E-state index contributed by atoms with van der Waals surface area (Å²) in [4.78, 5) is 11.5. The number of hydrogen-bond acceptors (Lipinski definition) is 3. The second-order valence-corrected chi connectivity index (χ2v) is 7.13. The molecule has 0 amide bonds. The van der Waals surface area contributed by atoms with E-state index in [1.165, 1.54) is 19.1 Å². The molecule has 0 aliphatic carbocycles. The molecule has 2 rings (SSSR count). The number of carbonyl (C=O) groups excluding carboxylic acids is 1. The quantitative estimate of drug-likeness (QED) is 0.860. The number of ketones is 1. The van der Waals surface area contributed by atoms with Gasteiger partial charge in [0.15, 0.2) is 5.78 Å². The van der Waals surface area contributed by atoms with Gasteiger partial charge in [0, 0.05) is 30.5 Å². The summed E-state index contributed by atoms with van der Waals surface area (Å²) >= 11 is 0. The lowest BCUT2D eigenvalue weighted by atomic mass is 10.2. The molecule has 0 aliphatic rings. The first-order chi connectivity index (χ1) is 10.2. The maximum absolute atomic E-state index is 12.4. The number of benzene rings is 1. The van der Waals surface area contributed by atoms with Crippen molar-refractivity contribution in [3.05, 3.63) is 52.8 Å². The number of aromatic nitrogens is 1. The van der Waals surface area contributed by atoms with Gasteiger partial charge < -0.3 is 4.57 Å². The maximum Gasteiger partial charge on any atom is 0.240 e. The van der Waals surface area contributed by atoms with Crippen molar-refractivity contribution in [2.75, 3.05) is 0 Å². The number of aryl methyl sites for hydroxylation is 1. The van der Waals surface area contributed by atoms with E-state index in [0.717, 1.165) is 17.0 Å². The molecule has 0 saturated carbocycles. The van der Waals surface area contributed by atoms with Crippen LogP contribution in [-0.2, 0) is 23.6 Å². The number of rotatable bonds is 5. The van der Waals surface area contributed by atoms with Crippen LogP contribution in [0.1, 0.15) is 34.2 Å². The van der Waals surface area contributed by atoms with E-state index < -0.39 is 10.0 Å². The molecular formula is C16H20N2O3S. The molecule has 1 heterocycles. The van der Waals surface area contributed by atoms with Gasteiger partial charge in [-0.15, -0.1) is 0 Å². The van der Waals surface area contributed by atoms with Crippen LogP contribution >= 0.6 is 0 Å². The predicted molar refractivity (Wildman–Crippen MR) is 85.4 cm³/mol. The van der Waals surface area contributed by atoms with Gasteiger partial charge in [0.25, 0.3) is 0 Å². The fraction of sp³-hybridized carbons (Fsp3) is 0.312. The van der Waals surface area contributed by atoms with Crippen LogP contribution in [0.3, 0.4) is 0 Å². The molecule has 0 atom stereocenters. The van der Waals surface area contributed by atoms with Gasteiger partial charge in [0.05, 0.1) is 4.90 Å². The number of hydrogen-bond donors (Lipinski definition) is 1. The van der Waals surface area contributed by atoms with Gasteiger partial charge in [-0.1, -0.05) is 12.1 Å². The summed E-state index contributed by atoms with van der Waals surface area (Å²) in [6.45, 7) is 5.56. The van der Waals surface area contributed by atoms with Crippen molar-refractivity contribution in [3.63, 3.8) is 0 Å². The van der Waals surface area contributed by atoms with Crippen molar-refractivity contribution in [1.82, 2.24) is 9.29 Å². The molecule has 0 saturated heterocycles. The first-order valence-corrected chi connectivity index (χ1v) is 8.43. The van der Waals surface area contributed by atoms with Gasteiger partial charge in [0.1, 0.15) is 0 Å². The summed E-state index contributed by atoms with van der Waals surface area (Å²) in [5.74, 6) is -0.161. The van der Waals surface area contributed by atoms with Crippen LogP contribution in [0.2, 0.25) is 0 Å². The molecule has 0 bridgehead atoms. The topological polar surface area (TPSA) is 68.2 Å².